The number of ether oxygens (including phenoxy) is 1. The quantitative estimate of drug-likeness (QED) is 0.801. The molecular weight excluding hydrogens is 219 g/mol. The van der Waals surface area contributed by atoms with Crippen LogP contribution in [0.5, 0.6) is 5.75 Å². The molecule has 0 bridgehead atoms. The summed E-state index contributed by atoms with van der Waals surface area (Å²) in [6.45, 7) is 0. The fourth-order valence-corrected chi connectivity index (χ4v) is 2.57. The van der Waals surface area contributed by atoms with Crippen LogP contribution in [0.15, 0.2) is 18.2 Å². The van der Waals surface area contributed by atoms with Gasteiger partial charge in [0.25, 0.3) is 0 Å². The average molecular weight is 238 g/mol. The van der Waals surface area contributed by atoms with Gasteiger partial charge in [0.2, 0.25) is 0 Å². The number of methoxy groups -OCH3 is 1. The van der Waals surface area contributed by atoms with Crippen LogP contribution < -0.4 is 4.74 Å². The second-order valence-electron chi connectivity index (χ2n) is 4.76. The van der Waals surface area contributed by atoms with Crippen molar-refractivity contribution in [3.05, 3.63) is 29.6 Å². The molecule has 2 atom stereocenters. The molecule has 94 valence electrons. The number of aliphatic hydroxyl groups excluding tert-OH is 1. The molecule has 3 heteroatoms. The van der Waals surface area contributed by atoms with Crippen molar-refractivity contribution in [2.24, 2.45) is 0 Å². The lowest BCUT2D eigenvalue weighted by Gasteiger charge is -2.17. The number of hydrogen-bond acceptors (Lipinski definition) is 2. The summed E-state index contributed by atoms with van der Waals surface area (Å²) < 4.78 is 18.5. The zero-order chi connectivity index (χ0) is 12.3. The summed E-state index contributed by atoms with van der Waals surface area (Å²) in [4.78, 5) is 0. The van der Waals surface area contributed by atoms with E-state index in [1.165, 1.54) is 7.11 Å². The first-order chi connectivity index (χ1) is 8.20. The highest BCUT2D eigenvalue weighted by atomic mass is 19.1. The van der Waals surface area contributed by atoms with Gasteiger partial charge in [0.05, 0.1) is 13.2 Å². The van der Waals surface area contributed by atoms with Crippen LogP contribution in [0.3, 0.4) is 0 Å². The fourth-order valence-electron chi connectivity index (χ4n) is 2.57. The summed E-state index contributed by atoms with van der Waals surface area (Å²) >= 11 is 0. The first kappa shape index (κ1) is 12.4. The normalized spacial score (nSPS) is 25.4. The summed E-state index contributed by atoms with van der Waals surface area (Å²) in [6, 6.07) is 5.12. The maximum absolute atomic E-state index is 13.6. The minimum Gasteiger partial charge on any atom is -0.494 e. The fraction of sp³-hybridized carbons (Fsp3) is 0.571. The Labute approximate surface area is 101 Å². The van der Waals surface area contributed by atoms with Gasteiger partial charge in [-0.25, -0.2) is 4.39 Å². The lowest BCUT2D eigenvalue weighted by Crippen LogP contribution is -2.09. The molecule has 2 rings (SSSR count). The Hall–Kier alpha value is -1.09. The standard InChI is InChI=1S/C14H19FO2/c1-17-14-7-6-11(9-13(14)15)10-4-2-3-5-12(16)8-10/h6-7,9-10,12,16H,2-5,8H2,1H3. The van der Waals surface area contributed by atoms with Crippen LogP contribution in [0.2, 0.25) is 0 Å². The molecular formula is C14H19FO2. The van der Waals surface area contributed by atoms with E-state index in [0.29, 0.717) is 0 Å². The minimum atomic E-state index is -0.316. The highest BCUT2D eigenvalue weighted by molar-refractivity contribution is 5.31. The van der Waals surface area contributed by atoms with Crippen LogP contribution >= 0.6 is 0 Å². The average Bonchev–Trinajstić information content (AvgIpc) is 2.54. The third kappa shape index (κ3) is 2.97. The van der Waals surface area contributed by atoms with E-state index in [2.05, 4.69) is 0 Å². The third-order valence-electron chi connectivity index (χ3n) is 3.54. The number of benzene rings is 1. The van der Waals surface area contributed by atoms with Gasteiger partial charge in [-0.2, -0.15) is 0 Å². The maximum atomic E-state index is 13.6. The van der Waals surface area contributed by atoms with Gasteiger partial charge in [0, 0.05) is 0 Å². The Bertz CT molecular complexity index is 378. The topological polar surface area (TPSA) is 29.5 Å². The molecule has 0 saturated heterocycles. The Morgan fingerprint density at radius 3 is 2.76 bits per heavy atom. The van der Waals surface area contributed by atoms with Crippen molar-refractivity contribution in [1.82, 2.24) is 0 Å². The van der Waals surface area contributed by atoms with E-state index in [0.717, 1.165) is 37.7 Å². The van der Waals surface area contributed by atoms with Gasteiger partial charge in [-0.1, -0.05) is 18.9 Å². The van der Waals surface area contributed by atoms with Crippen LogP contribution in [0.25, 0.3) is 0 Å². The summed E-state index contributed by atoms with van der Waals surface area (Å²) in [7, 11) is 1.47. The van der Waals surface area contributed by atoms with Gasteiger partial charge in [-0.3, -0.25) is 0 Å². The molecule has 0 aromatic heterocycles. The molecule has 1 saturated carbocycles. The Balaban J connectivity index is 2.17. The molecule has 1 aromatic rings. The third-order valence-corrected chi connectivity index (χ3v) is 3.54. The summed E-state index contributed by atoms with van der Waals surface area (Å²) in [5.74, 6) is 0.236. The predicted octanol–water partition coefficient (Wildman–Crippen LogP) is 3.24. The molecule has 0 heterocycles. The molecule has 1 fully saturated rings. The SMILES string of the molecule is COc1ccc(C2CCCCC(O)C2)cc1F. The van der Waals surface area contributed by atoms with Gasteiger partial charge in [-0.15, -0.1) is 0 Å². The summed E-state index contributed by atoms with van der Waals surface area (Å²) in [5, 5.41) is 9.77. The van der Waals surface area contributed by atoms with Crippen LogP contribution in [0.4, 0.5) is 4.39 Å². The van der Waals surface area contributed by atoms with Crippen molar-refractivity contribution in [2.45, 2.75) is 44.1 Å². The van der Waals surface area contributed by atoms with Crippen molar-refractivity contribution in [2.75, 3.05) is 7.11 Å². The van der Waals surface area contributed by atoms with Crippen LogP contribution in [0, 0.1) is 5.82 Å². The summed E-state index contributed by atoms with van der Waals surface area (Å²) in [5.41, 5.74) is 0.976. The smallest absolute Gasteiger partial charge is 0.165 e. The largest absolute Gasteiger partial charge is 0.494 e. The van der Waals surface area contributed by atoms with E-state index in [4.69, 9.17) is 4.74 Å². The van der Waals surface area contributed by atoms with Gasteiger partial charge in [0.15, 0.2) is 11.6 Å². The highest BCUT2D eigenvalue weighted by Crippen LogP contribution is 2.33. The van der Waals surface area contributed by atoms with Crippen molar-refractivity contribution in [3.8, 4) is 5.75 Å². The molecule has 0 amide bonds. The zero-order valence-electron chi connectivity index (χ0n) is 10.2. The molecule has 1 aromatic carbocycles. The predicted molar refractivity (Wildman–Crippen MR) is 64.8 cm³/mol. The minimum absolute atomic E-state index is 0.243. The first-order valence-electron chi connectivity index (χ1n) is 6.22. The molecule has 2 unspecified atom stereocenters. The molecule has 0 radical (unpaired) electrons. The van der Waals surface area contributed by atoms with E-state index >= 15 is 0 Å². The second kappa shape index (κ2) is 5.50. The van der Waals surface area contributed by atoms with Crippen LogP contribution in [0.1, 0.15) is 43.6 Å². The van der Waals surface area contributed by atoms with E-state index in [1.807, 2.05) is 6.07 Å². The lowest BCUT2D eigenvalue weighted by atomic mass is 9.91. The van der Waals surface area contributed by atoms with E-state index in [1.54, 1.807) is 12.1 Å². The Kier molecular flexibility index (Phi) is 4.00. The van der Waals surface area contributed by atoms with Gasteiger partial charge in [0.1, 0.15) is 0 Å². The van der Waals surface area contributed by atoms with Crippen molar-refractivity contribution < 1.29 is 14.2 Å². The van der Waals surface area contributed by atoms with Crippen LogP contribution in [-0.2, 0) is 0 Å². The first-order valence-corrected chi connectivity index (χ1v) is 6.22. The molecule has 0 aliphatic heterocycles. The second-order valence-corrected chi connectivity index (χ2v) is 4.76. The van der Waals surface area contributed by atoms with E-state index in [-0.39, 0.29) is 23.6 Å². The van der Waals surface area contributed by atoms with Crippen molar-refractivity contribution in [1.29, 1.82) is 0 Å². The maximum Gasteiger partial charge on any atom is 0.165 e. The number of aliphatic hydroxyl groups is 1. The highest BCUT2D eigenvalue weighted by Gasteiger charge is 2.20. The van der Waals surface area contributed by atoms with Crippen LogP contribution in [-0.4, -0.2) is 18.3 Å². The molecule has 1 aliphatic rings. The molecule has 1 aliphatic carbocycles. The van der Waals surface area contributed by atoms with Crippen molar-refractivity contribution >= 4 is 0 Å². The summed E-state index contributed by atoms with van der Waals surface area (Å²) in [6.07, 6.45) is 4.57. The molecule has 2 nitrogen and oxygen atoms in total. The molecule has 1 N–H and O–H groups in total. The molecule has 17 heavy (non-hydrogen) atoms. The van der Waals surface area contributed by atoms with Crippen molar-refractivity contribution in [3.63, 3.8) is 0 Å². The monoisotopic (exact) mass is 238 g/mol. The lowest BCUT2D eigenvalue weighted by molar-refractivity contribution is 0.152. The number of hydrogen-bond donors (Lipinski definition) is 1. The van der Waals surface area contributed by atoms with Gasteiger partial charge >= 0.3 is 0 Å². The molecule has 0 spiro atoms. The Morgan fingerprint density at radius 1 is 1.29 bits per heavy atom. The number of halogens is 1. The number of rotatable bonds is 2. The van der Waals surface area contributed by atoms with Gasteiger partial charge in [-0.05, 0) is 42.9 Å². The van der Waals surface area contributed by atoms with E-state index < -0.39 is 0 Å². The Morgan fingerprint density at radius 2 is 2.06 bits per heavy atom. The van der Waals surface area contributed by atoms with Gasteiger partial charge < -0.3 is 9.84 Å². The van der Waals surface area contributed by atoms with E-state index in [9.17, 15) is 9.50 Å². The zero-order valence-corrected chi connectivity index (χ0v) is 10.2.